The molecule has 1 saturated heterocycles. The number of aryl methyl sites for hydroxylation is 2. The number of nitrogens with zero attached hydrogens (tertiary/aromatic N) is 3. The van der Waals surface area contributed by atoms with E-state index in [0.29, 0.717) is 17.1 Å². The van der Waals surface area contributed by atoms with E-state index in [1.807, 2.05) is 32.0 Å². The zero-order valence-electron chi connectivity index (χ0n) is 20.4. The van der Waals surface area contributed by atoms with Crippen LogP contribution >= 0.6 is 11.3 Å². The van der Waals surface area contributed by atoms with Gasteiger partial charge in [0.25, 0.3) is 5.91 Å². The van der Waals surface area contributed by atoms with E-state index in [9.17, 15) is 4.79 Å². The molecule has 1 fully saturated rings. The van der Waals surface area contributed by atoms with Crippen LogP contribution in [0.1, 0.15) is 40.2 Å². The summed E-state index contributed by atoms with van der Waals surface area (Å²) < 4.78 is 5.51. The van der Waals surface area contributed by atoms with E-state index in [2.05, 4.69) is 32.2 Å². The number of carbonyl (C=O) groups is 1. The molecule has 1 amide bonds. The second-order valence-corrected chi connectivity index (χ2v) is 9.92. The second kappa shape index (κ2) is 11.1. The number of unbranched alkanes of at least 4 members (excludes halogenated alkanes) is 2. The van der Waals surface area contributed by atoms with E-state index in [-0.39, 0.29) is 5.91 Å². The first-order valence-corrected chi connectivity index (χ1v) is 12.8. The molecule has 0 atom stereocenters. The molecule has 8 heteroatoms. The Hall–Kier alpha value is -2.84. The van der Waals surface area contributed by atoms with Gasteiger partial charge < -0.3 is 20.7 Å². The monoisotopic (exact) mass is 481 g/mol. The molecule has 7 nitrogen and oxygen atoms in total. The number of hydrogen-bond acceptors (Lipinski definition) is 7. The number of pyridine rings is 1. The molecule has 4 rings (SSSR count). The van der Waals surface area contributed by atoms with Gasteiger partial charge in [-0.05, 0) is 57.0 Å². The van der Waals surface area contributed by atoms with Crippen LogP contribution in [-0.2, 0) is 0 Å². The molecular formula is C26H35N5O2S. The number of carbonyl (C=O) groups excluding carboxylic acids is 1. The largest absolute Gasteiger partial charge is 0.495 e. The van der Waals surface area contributed by atoms with Crippen molar-refractivity contribution in [1.82, 2.24) is 15.2 Å². The van der Waals surface area contributed by atoms with Gasteiger partial charge in [0, 0.05) is 43.8 Å². The molecule has 3 heterocycles. The van der Waals surface area contributed by atoms with Crippen LogP contribution in [-0.4, -0.2) is 62.2 Å². The summed E-state index contributed by atoms with van der Waals surface area (Å²) >= 11 is 1.38. The Morgan fingerprint density at radius 2 is 1.91 bits per heavy atom. The highest BCUT2D eigenvalue weighted by Gasteiger charge is 2.20. The number of benzene rings is 1. The fourth-order valence-corrected chi connectivity index (χ4v) is 5.79. The summed E-state index contributed by atoms with van der Waals surface area (Å²) in [6, 6.07) is 10.2. The lowest BCUT2D eigenvalue weighted by Gasteiger charge is -2.36. The van der Waals surface area contributed by atoms with Gasteiger partial charge >= 0.3 is 0 Å². The van der Waals surface area contributed by atoms with Crippen molar-refractivity contribution < 1.29 is 9.53 Å². The lowest BCUT2D eigenvalue weighted by atomic mass is 10.1. The van der Waals surface area contributed by atoms with Crippen molar-refractivity contribution in [3.8, 4) is 5.75 Å². The fourth-order valence-electron chi connectivity index (χ4n) is 4.66. The van der Waals surface area contributed by atoms with E-state index in [1.165, 1.54) is 17.0 Å². The van der Waals surface area contributed by atoms with Gasteiger partial charge in [-0.2, -0.15) is 0 Å². The zero-order valence-corrected chi connectivity index (χ0v) is 21.2. The number of amides is 1. The van der Waals surface area contributed by atoms with Crippen molar-refractivity contribution in [2.75, 3.05) is 57.0 Å². The van der Waals surface area contributed by atoms with Gasteiger partial charge in [0.1, 0.15) is 15.5 Å². The summed E-state index contributed by atoms with van der Waals surface area (Å²) in [4.78, 5) is 23.6. The van der Waals surface area contributed by atoms with Gasteiger partial charge in [-0.1, -0.05) is 18.6 Å². The van der Waals surface area contributed by atoms with Crippen molar-refractivity contribution >= 4 is 38.8 Å². The van der Waals surface area contributed by atoms with Crippen LogP contribution in [0, 0.1) is 13.8 Å². The molecule has 0 radical (unpaired) electrons. The van der Waals surface area contributed by atoms with Gasteiger partial charge in [-0.25, -0.2) is 4.98 Å². The number of para-hydroxylation sites is 2. The van der Waals surface area contributed by atoms with E-state index < -0.39 is 0 Å². The first kappa shape index (κ1) is 24.3. The fraction of sp³-hybridized carbons (Fsp3) is 0.462. The summed E-state index contributed by atoms with van der Waals surface area (Å²) in [5.74, 6) is 0.849. The number of nitrogens with one attached hydrogen (secondary N) is 1. The van der Waals surface area contributed by atoms with E-state index in [4.69, 9.17) is 10.5 Å². The van der Waals surface area contributed by atoms with Crippen LogP contribution in [0.15, 0.2) is 30.3 Å². The first-order chi connectivity index (χ1) is 16.5. The smallest absolute Gasteiger partial charge is 0.263 e. The van der Waals surface area contributed by atoms with Gasteiger partial charge in [0.15, 0.2) is 0 Å². The molecule has 3 aromatic rings. The number of piperazine rings is 1. The van der Waals surface area contributed by atoms with Crippen LogP contribution in [0.5, 0.6) is 5.75 Å². The lowest BCUT2D eigenvalue weighted by molar-refractivity contribution is 0.0957. The SMILES string of the molecule is COc1ccccc1N1CCN(CCCCCNC(=O)c2sc3nc(C)cc(C)c3c2N)CC1. The van der Waals surface area contributed by atoms with Crippen LogP contribution in [0.25, 0.3) is 10.2 Å². The standard InChI is InChI=1S/C26H35N5O2S/c1-18-17-19(2)29-26-22(18)23(27)24(34-26)25(32)28-11-7-4-8-12-30-13-15-31(16-14-30)20-9-5-6-10-21(20)33-3/h5-6,9-10,17H,4,7-8,11-16,27H2,1-3H3,(H,28,32). The van der Waals surface area contributed by atoms with Crippen molar-refractivity contribution in [1.29, 1.82) is 0 Å². The third-order valence-corrected chi connectivity index (χ3v) is 7.56. The van der Waals surface area contributed by atoms with Gasteiger partial charge in [-0.3, -0.25) is 9.69 Å². The average Bonchev–Trinajstić information content (AvgIpc) is 3.17. The van der Waals surface area contributed by atoms with Crippen molar-refractivity contribution in [2.24, 2.45) is 0 Å². The molecule has 0 unspecified atom stereocenters. The minimum atomic E-state index is -0.0926. The van der Waals surface area contributed by atoms with Gasteiger partial charge in [0.05, 0.1) is 18.5 Å². The minimum absolute atomic E-state index is 0.0926. The highest BCUT2D eigenvalue weighted by atomic mass is 32.1. The number of fused-ring (bicyclic) bond motifs is 1. The summed E-state index contributed by atoms with van der Waals surface area (Å²) in [6.07, 6.45) is 3.20. The van der Waals surface area contributed by atoms with Crippen molar-refractivity contribution in [3.63, 3.8) is 0 Å². The molecular weight excluding hydrogens is 446 g/mol. The molecule has 3 N–H and O–H groups in total. The normalized spacial score (nSPS) is 14.5. The third kappa shape index (κ3) is 5.45. The Balaban J connectivity index is 1.16. The maximum atomic E-state index is 12.7. The summed E-state index contributed by atoms with van der Waals surface area (Å²) in [5, 5.41) is 3.95. The Bertz CT molecular complexity index is 1140. The molecule has 34 heavy (non-hydrogen) atoms. The quantitative estimate of drug-likeness (QED) is 0.445. The highest BCUT2D eigenvalue weighted by molar-refractivity contribution is 7.21. The number of hydrogen-bond donors (Lipinski definition) is 2. The molecule has 1 aromatic carbocycles. The number of aromatic nitrogens is 1. The Morgan fingerprint density at radius 1 is 1.15 bits per heavy atom. The number of ether oxygens (including phenoxy) is 1. The molecule has 0 saturated carbocycles. The molecule has 0 spiro atoms. The topological polar surface area (TPSA) is 83.7 Å². The van der Waals surface area contributed by atoms with Crippen LogP contribution in [0.4, 0.5) is 11.4 Å². The second-order valence-electron chi connectivity index (χ2n) is 8.92. The number of rotatable bonds is 9. The average molecular weight is 482 g/mol. The summed E-state index contributed by atoms with van der Waals surface area (Å²) in [5.41, 5.74) is 10.0. The number of nitrogens with two attached hydrogens (primary N) is 1. The lowest BCUT2D eigenvalue weighted by Crippen LogP contribution is -2.46. The Kier molecular flexibility index (Phi) is 7.90. The van der Waals surface area contributed by atoms with Crippen molar-refractivity contribution in [2.45, 2.75) is 33.1 Å². The number of nitrogen functional groups attached to an aromatic ring is 1. The minimum Gasteiger partial charge on any atom is -0.495 e. The Morgan fingerprint density at radius 3 is 2.68 bits per heavy atom. The molecule has 182 valence electrons. The maximum absolute atomic E-state index is 12.7. The highest BCUT2D eigenvalue weighted by Crippen LogP contribution is 2.35. The predicted octanol–water partition coefficient (Wildman–Crippen LogP) is 4.23. The molecule has 1 aliphatic heterocycles. The molecule has 0 bridgehead atoms. The molecule has 2 aromatic heterocycles. The van der Waals surface area contributed by atoms with Crippen molar-refractivity contribution in [3.05, 3.63) is 46.5 Å². The molecule has 0 aliphatic carbocycles. The van der Waals surface area contributed by atoms with E-state index in [1.54, 1.807) is 7.11 Å². The van der Waals surface area contributed by atoms with E-state index >= 15 is 0 Å². The molecule has 1 aliphatic rings. The van der Waals surface area contributed by atoms with Crippen LogP contribution in [0.3, 0.4) is 0 Å². The number of methoxy groups -OCH3 is 1. The van der Waals surface area contributed by atoms with E-state index in [0.717, 1.165) is 79.2 Å². The predicted molar refractivity (Wildman–Crippen MR) is 141 cm³/mol. The van der Waals surface area contributed by atoms with Crippen LogP contribution < -0.4 is 20.7 Å². The zero-order chi connectivity index (χ0) is 24.1. The third-order valence-electron chi connectivity index (χ3n) is 6.47. The number of anilines is 2. The van der Waals surface area contributed by atoms with Gasteiger partial charge in [-0.15, -0.1) is 11.3 Å². The van der Waals surface area contributed by atoms with Gasteiger partial charge in [0.2, 0.25) is 0 Å². The first-order valence-electron chi connectivity index (χ1n) is 12.0. The number of thiophene rings is 1. The summed E-state index contributed by atoms with van der Waals surface area (Å²) in [7, 11) is 1.73. The summed E-state index contributed by atoms with van der Waals surface area (Å²) in [6.45, 7) is 9.89. The Labute approximate surface area is 205 Å². The van der Waals surface area contributed by atoms with Crippen LogP contribution in [0.2, 0.25) is 0 Å². The maximum Gasteiger partial charge on any atom is 0.263 e.